The zero-order chi connectivity index (χ0) is 17.9. The number of aromatic nitrogens is 2. The molecule has 0 atom stereocenters. The van der Waals surface area contributed by atoms with Crippen LogP contribution in [0.25, 0.3) is 0 Å². The standard InChI is InChI=1S/C22H30N4/c1-6-19(17-23-12-2-8-21-10-4-14-25-21)16-20(7-1)18-24-13-3-9-22-11-5-15-26-22/h1,4-7,10-11,14-16,23-26H,2-3,8-9,12-13,17-18H2. The Bertz CT molecular complexity index is 657. The SMILES string of the molecule is c1cc(CNCCCc2ccc[nH]2)cc(CNCCCc2ccc[nH]2)c1. The van der Waals surface area contributed by atoms with Gasteiger partial charge in [0.05, 0.1) is 0 Å². The Kier molecular flexibility index (Phi) is 7.56. The van der Waals surface area contributed by atoms with E-state index in [0.29, 0.717) is 0 Å². The van der Waals surface area contributed by atoms with Gasteiger partial charge < -0.3 is 20.6 Å². The molecule has 2 aromatic heterocycles. The number of nitrogens with one attached hydrogen (secondary N) is 4. The molecule has 0 spiro atoms. The van der Waals surface area contributed by atoms with Gasteiger partial charge >= 0.3 is 0 Å². The second-order valence-corrected chi connectivity index (χ2v) is 6.77. The number of aryl methyl sites for hydroxylation is 2. The third kappa shape index (κ3) is 6.54. The van der Waals surface area contributed by atoms with Gasteiger partial charge in [0.15, 0.2) is 0 Å². The molecule has 0 aliphatic rings. The fourth-order valence-corrected chi connectivity index (χ4v) is 3.17. The van der Waals surface area contributed by atoms with Crippen LogP contribution in [-0.4, -0.2) is 23.1 Å². The molecule has 0 aliphatic carbocycles. The molecule has 138 valence electrons. The van der Waals surface area contributed by atoms with Gasteiger partial charge in [-0.15, -0.1) is 0 Å². The summed E-state index contributed by atoms with van der Waals surface area (Å²) in [6.07, 6.45) is 8.49. The summed E-state index contributed by atoms with van der Waals surface area (Å²) in [6.45, 7) is 3.96. The largest absolute Gasteiger partial charge is 0.365 e. The molecular weight excluding hydrogens is 320 g/mol. The van der Waals surface area contributed by atoms with E-state index in [1.165, 1.54) is 22.5 Å². The molecule has 0 saturated carbocycles. The first kappa shape index (κ1) is 18.5. The molecule has 2 heterocycles. The van der Waals surface area contributed by atoms with Gasteiger partial charge in [-0.25, -0.2) is 0 Å². The molecule has 0 fully saturated rings. The van der Waals surface area contributed by atoms with Crippen LogP contribution in [-0.2, 0) is 25.9 Å². The van der Waals surface area contributed by atoms with Gasteiger partial charge in [0.2, 0.25) is 0 Å². The van der Waals surface area contributed by atoms with E-state index >= 15 is 0 Å². The maximum Gasteiger partial charge on any atom is 0.0205 e. The van der Waals surface area contributed by atoms with Crippen molar-refractivity contribution in [1.82, 2.24) is 20.6 Å². The highest BCUT2D eigenvalue weighted by Gasteiger charge is 1.98. The van der Waals surface area contributed by atoms with Crippen LogP contribution in [0, 0.1) is 0 Å². The predicted molar refractivity (Wildman–Crippen MR) is 108 cm³/mol. The molecule has 4 heteroatoms. The molecule has 0 radical (unpaired) electrons. The molecule has 1 aromatic carbocycles. The number of hydrogen-bond donors (Lipinski definition) is 4. The summed E-state index contributed by atoms with van der Waals surface area (Å²) >= 11 is 0. The lowest BCUT2D eigenvalue weighted by molar-refractivity contribution is 0.638. The molecule has 0 aliphatic heterocycles. The van der Waals surface area contributed by atoms with Crippen molar-refractivity contribution in [1.29, 1.82) is 0 Å². The van der Waals surface area contributed by atoms with E-state index in [4.69, 9.17) is 0 Å². The monoisotopic (exact) mass is 350 g/mol. The zero-order valence-corrected chi connectivity index (χ0v) is 15.4. The first-order valence-corrected chi connectivity index (χ1v) is 9.64. The van der Waals surface area contributed by atoms with Crippen molar-refractivity contribution in [2.45, 2.75) is 38.8 Å². The summed E-state index contributed by atoms with van der Waals surface area (Å²) in [5.41, 5.74) is 5.35. The van der Waals surface area contributed by atoms with Crippen molar-refractivity contribution in [2.75, 3.05) is 13.1 Å². The summed E-state index contributed by atoms with van der Waals surface area (Å²) in [7, 11) is 0. The lowest BCUT2D eigenvalue weighted by atomic mass is 10.1. The van der Waals surface area contributed by atoms with E-state index in [2.05, 4.69) is 69.1 Å². The Balaban J connectivity index is 1.28. The summed E-state index contributed by atoms with van der Waals surface area (Å²) in [5, 5.41) is 7.09. The van der Waals surface area contributed by atoms with Crippen molar-refractivity contribution < 1.29 is 0 Å². The fraction of sp³-hybridized carbons (Fsp3) is 0.364. The smallest absolute Gasteiger partial charge is 0.0205 e. The van der Waals surface area contributed by atoms with Crippen molar-refractivity contribution in [3.05, 3.63) is 83.4 Å². The van der Waals surface area contributed by atoms with Gasteiger partial charge in [-0.1, -0.05) is 24.3 Å². The quantitative estimate of drug-likeness (QED) is 0.376. The van der Waals surface area contributed by atoms with Crippen LogP contribution < -0.4 is 10.6 Å². The van der Waals surface area contributed by atoms with Crippen molar-refractivity contribution >= 4 is 0 Å². The number of benzene rings is 1. The van der Waals surface area contributed by atoms with E-state index in [-0.39, 0.29) is 0 Å². The summed E-state index contributed by atoms with van der Waals surface area (Å²) in [4.78, 5) is 6.51. The summed E-state index contributed by atoms with van der Waals surface area (Å²) in [5.74, 6) is 0. The molecule has 26 heavy (non-hydrogen) atoms. The number of rotatable bonds is 12. The first-order valence-electron chi connectivity index (χ1n) is 9.64. The third-order valence-corrected chi connectivity index (χ3v) is 4.57. The van der Waals surface area contributed by atoms with Gasteiger partial charge in [0.25, 0.3) is 0 Å². The molecule has 4 N–H and O–H groups in total. The van der Waals surface area contributed by atoms with E-state index < -0.39 is 0 Å². The van der Waals surface area contributed by atoms with Crippen molar-refractivity contribution in [3.63, 3.8) is 0 Å². The van der Waals surface area contributed by atoms with Gasteiger partial charge in [-0.05, 0) is 74.2 Å². The van der Waals surface area contributed by atoms with E-state index in [1.807, 2.05) is 12.4 Å². The minimum atomic E-state index is 0.936. The van der Waals surface area contributed by atoms with Gasteiger partial charge in [0, 0.05) is 36.9 Å². The molecular formula is C22H30N4. The molecule has 4 nitrogen and oxygen atoms in total. The average molecular weight is 351 g/mol. The molecule has 0 unspecified atom stereocenters. The normalized spacial score (nSPS) is 11.1. The number of hydrogen-bond acceptors (Lipinski definition) is 2. The molecule has 0 bridgehead atoms. The highest BCUT2D eigenvalue weighted by atomic mass is 14.9. The van der Waals surface area contributed by atoms with E-state index in [0.717, 1.165) is 51.9 Å². The highest BCUT2D eigenvalue weighted by Crippen LogP contribution is 2.06. The molecule has 0 saturated heterocycles. The van der Waals surface area contributed by atoms with Gasteiger partial charge in [-0.2, -0.15) is 0 Å². The molecule has 0 amide bonds. The molecule has 3 aromatic rings. The predicted octanol–water partition coefficient (Wildman–Crippen LogP) is 3.79. The minimum Gasteiger partial charge on any atom is -0.365 e. The van der Waals surface area contributed by atoms with Gasteiger partial charge in [-0.3, -0.25) is 0 Å². The number of aromatic amines is 2. The Labute approximate surface area is 156 Å². The zero-order valence-electron chi connectivity index (χ0n) is 15.4. The van der Waals surface area contributed by atoms with Crippen LogP contribution in [0.5, 0.6) is 0 Å². The summed E-state index contributed by atoms with van der Waals surface area (Å²) in [6, 6.07) is 17.3. The van der Waals surface area contributed by atoms with Gasteiger partial charge in [0.1, 0.15) is 0 Å². The van der Waals surface area contributed by atoms with E-state index in [9.17, 15) is 0 Å². The van der Waals surface area contributed by atoms with Crippen LogP contribution in [0.4, 0.5) is 0 Å². The lowest BCUT2D eigenvalue weighted by Gasteiger charge is -2.08. The van der Waals surface area contributed by atoms with Crippen LogP contribution >= 0.6 is 0 Å². The van der Waals surface area contributed by atoms with E-state index in [1.54, 1.807) is 0 Å². The van der Waals surface area contributed by atoms with Crippen LogP contribution in [0.2, 0.25) is 0 Å². The maximum atomic E-state index is 3.55. The first-order chi connectivity index (χ1) is 12.9. The maximum absolute atomic E-state index is 3.55. The van der Waals surface area contributed by atoms with Crippen LogP contribution in [0.15, 0.2) is 60.9 Å². The van der Waals surface area contributed by atoms with Crippen LogP contribution in [0.1, 0.15) is 35.4 Å². The number of H-pyrrole nitrogens is 2. The Morgan fingerprint density at radius 3 is 1.65 bits per heavy atom. The highest BCUT2D eigenvalue weighted by molar-refractivity contribution is 5.23. The van der Waals surface area contributed by atoms with Crippen molar-refractivity contribution in [2.24, 2.45) is 0 Å². The topological polar surface area (TPSA) is 55.6 Å². The Hall–Kier alpha value is -2.30. The average Bonchev–Trinajstić information content (AvgIpc) is 3.35. The van der Waals surface area contributed by atoms with Crippen LogP contribution in [0.3, 0.4) is 0 Å². The minimum absolute atomic E-state index is 0.936. The lowest BCUT2D eigenvalue weighted by Crippen LogP contribution is -2.17. The summed E-state index contributed by atoms with van der Waals surface area (Å²) < 4.78 is 0. The Morgan fingerprint density at radius 1 is 0.654 bits per heavy atom. The fourth-order valence-electron chi connectivity index (χ4n) is 3.17. The van der Waals surface area contributed by atoms with Crippen molar-refractivity contribution in [3.8, 4) is 0 Å². The second-order valence-electron chi connectivity index (χ2n) is 6.77. The second kappa shape index (κ2) is 10.6. The molecule has 3 rings (SSSR count). The Morgan fingerprint density at radius 2 is 1.19 bits per heavy atom. The third-order valence-electron chi connectivity index (χ3n) is 4.57.